The van der Waals surface area contributed by atoms with E-state index in [-0.39, 0.29) is 11.7 Å². The summed E-state index contributed by atoms with van der Waals surface area (Å²) in [5, 5.41) is 17.1. The van der Waals surface area contributed by atoms with Gasteiger partial charge in [0.05, 0.1) is 13.3 Å². The maximum Gasteiger partial charge on any atom is 0.262 e. The highest BCUT2D eigenvalue weighted by molar-refractivity contribution is 9.10. The minimum Gasteiger partial charge on any atom is -0.504 e. The van der Waals surface area contributed by atoms with Gasteiger partial charge in [-0.1, -0.05) is 28.9 Å². The smallest absolute Gasteiger partial charge is 0.262 e. The Labute approximate surface area is 155 Å². The van der Waals surface area contributed by atoms with Gasteiger partial charge in [0.25, 0.3) is 5.91 Å². The van der Waals surface area contributed by atoms with Crippen LogP contribution >= 0.6 is 15.9 Å². The van der Waals surface area contributed by atoms with Crippen molar-refractivity contribution in [1.29, 1.82) is 0 Å². The number of hydrogen-bond donors (Lipinski definition) is 3. The molecule has 0 spiro atoms. The minimum absolute atomic E-state index is 0.0250. The van der Waals surface area contributed by atoms with Crippen LogP contribution in [0.1, 0.15) is 18.9 Å². The number of amides is 1. The molecule has 25 heavy (non-hydrogen) atoms. The number of hydrogen-bond acceptors (Lipinski definition) is 5. The Morgan fingerprint density at radius 3 is 2.68 bits per heavy atom. The molecule has 2 rings (SSSR count). The van der Waals surface area contributed by atoms with Crippen LogP contribution in [0.25, 0.3) is 0 Å². The third-order valence-corrected chi connectivity index (χ3v) is 4.07. The van der Waals surface area contributed by atoms with Crippen LogP contribution in [-0.4, -0.2) is 30.4 Å². The highest BCUT2D eigenvalue weighted by Crippen LogP contribution is 2.27. The molecule has 0 bridgehead atoms. The van der Waals surface area contributed by atoms with Crippen LogP contribution in [0.4, 0.5) is 5.69 Å². The van der Waals surface area contributed by atoms with E-state index in [0.717, 1.165) is 10.2 Å². The number of para-hydroxylation sites is 1. The molecule has 6 nitrogen and oxygen atoms in total. The lowest BCUT2D eigenvalue weighted by molar-refractivity contribution is -0.121. The van der Waals surface area contributed by atoms with E-state index in [1.54, 1.807) is 18.2 Å². The fourth-order valence-corrected chi connectivity index (χ4v) is 2.42. The number of methoxy groups -OCH3 is 1. The summed E-state index contributed by atoms with van der Waals surface area (Å²) in [6, 6.07) is 12.2. The number of hydrazone groups is 1. The molecular weight excluding hydrogens is 386 g/mol. The maximum atomic E-state index is 12.3. The number of aromatic hydroxyl groups is 1. The lowest BCUT2D eigenvalue weighted by atomic mass is 10.2. The Hall–Kier alpha value is -2.54. The van der Waals surface area contributed by atoms with Crippen molar-refractivity contribution in [2.24, 2.45) is 5.10 Å². The summed E-state index contributed by atoms with van der Waals surface area (Å²) in [6.07, 6.45) is 1.98. The first-order valence-corrected chi connectivity index (χ1v) is 8.55. The van der Waals surface area contributed by atoms with E-state index in [2.05, 4.69) is 31.8 Å². The molecule has 0 aromatic heterocycles. The van der Waals surface area contributed by atoms with Gasteiger partial charge in [-0.2, -0.15) is 5.10 Å². The van der Waals surface area contributed by atoms with E-state index >= 15 is 0 Å². The number of phenolic OH excluding ortho intramolecular Hbond substituents is 1. The number of phenols is 1. The Bertz CT molecular complexity index is 748. The van der Waals surface area contributed by atoms with Gasteiger partial charge in [0.1, 0.15) is 6.04 Å². The number of ether oxygens (including phenoxy) is 1. The van der Waals surface area contributed by atoms with Crippen LogP contribution in [0, 0.1) is 0 Å². The highest BCUT2D eigenvalue weighted by Gasteiger charge is 2.15. The molecule has 0 radical (unpaired) electrons. The average molecular weight is 406 g/mol. The van der Waals surface area contributed by atoms with Gasteiger partial charge in [0.2, 0.25) is 0 Å². The van der Waals surface area contributed by atoms with Gasteiger partial charge in [0, 0.05) is 15.7 Å². The Morgan fingerprint density at radius 1 is 1.32 bits per heavy atom. The molecule has 1 atom stereocenters. The zero-order chi connectivity index (χ0) is 18.2. The Balaban J connectivity index is 1.98. The lowest BCUT2D eigenvalue weighted by Gasteiger charge is -2.16. The van der Waals surface area contributed by atoms with Crippen molar-refractivity contribution < 1.29 is 14.6 Å². The third-order valence-electron chi connectivity index (χ3n) is 3.54. The van der Waals surface area contributed by atoms with Crippen molar-refractivity contribution in [1.82, 2.24) is 5.43 Å². The summed E-state index contributed by atoms with van der Waals surface area (Å²) in [6.45, 7) is 1.91. The SMILES string of the molecule is CC[C@H](Nc1ccc(Br)cc1)C(=O)N/N=C\c1cccc(OC)c1O. The zero-order valence-corrected chi connectivity index (χ0v) is 15.6. The number of anilines is 1. The highest BCUT2D eigenvalue weighted by atomic mass is 79.9. The molecule has 7 heteroatoms. The van der Waals surface area contributed by atoms with E-state index in [1.807, 2.05) is 31.2 Å². The summed E-state index contributed by atoms with van der Waals surface area (Å²) < 4.78 is 6.00. The lowest BCUT2D eigenvalue weighted by Crippen LogP contribution is -2.36. The van der Waals surface area contributed by atoms with E-state index < -0.39 is 6.04 Å². The fourth-order valence-electron chi connectivity index (χ4n) is 2.15. The topological polar surface area (TPSA) is 83.0 Å². The summed E-state index contributed by atoms with van der Waals surface area (Å²) >= 11 is 3.37. The molecule has 0 heterocycles. The van der Waals surface area contributed by atoms with Crippen LogP contribution in [-0.2, 0) is 4.79 Å². The van der Waals surface area contributed by atoms with Gasteiger partial charge in [-0.3, -0.25) is 4.79 Å². The normalized spacial score (nSPS) is 12.0. The quantitative estimate of drug-likeness (QED) is 0.486. The molecule has 2 aromatic rings. The van der Waals surface area contributed by atoms with Crippen molar-refractivity contribution in [2.75, 3.05) is 12.4 Å². The second kappa shape index (κ2) is 9.08. The number of rotatable bonds is 7. The monoisotopic (exact) mass is 405 g/mol. The van der Waals surface area contributed by atoms with Gasteiger partial charge in [0.15, 0.2) is 11.5 Å². The maximum absolute atomic E-state index is 12.3. The van der Waals surface area contributed by atoms with Crippen LogP contribution in [0.15, 0.2) is 52.0 Å². The molecule has 0 aliphatic carbocycles. The first-order chi connectivity index (χ1) is 12.0. The van der Waals surface area contributed by atoms with Crippen LogP contribution in [0.5, 0.6) is 11.5 Å². The van der Waals surface area contributed by atoms with Gasteiger partial charge in [-0.25, -0.2) is 5.43 Å². The van der Waals surface area contributed by atoms with Gasteiger partial charge >= 0.3 is 0 Å². The van der Waals surface area contributed by atoms with Gasteiger partial charge < -0.3 is 15.2 Å². The van der Waals surface area contributed by atoms with E-state index in [4.69, 9.17) is 4.74 Å². The summed E-state index contributed by atoms with van der Waals surface area (Å²) in [4.78, 5) is 12.3. The summed E-state index contributed by atoms with van der Waals surface area (Å²) in [5.74, 6) is 0.0608. The van der Waals surface area contributed by atoms with Crippen molar-refractivity contribution in [3.05, 3.63) is 52.5 Å². The zero-order valence-electron chi connectivity index (χ0n) is 14.0. The largest absolute Gasteiger partial charge is 0.504 e. The Morgan fingerprint density at radius 2 is 2.04 bits per heavy atom. The molecule has 3 N–H and O–H groups in total. The predicted molar refractivity (Wildman–Crippen MR) is 102 cm³/mol. The number of carbonyl (C=O) groups is 1. The molecule has 132 valence electrons. The Kier molecular flexibility index (Phi) is 6.82. The molecule has 0 saturated carbocycles. The first-order valence-electron chi connectivity index (χ1n) is 7.76. The second-order valence-corrected chi connectivity index (χ2v) is 6.16. The predicted octanol–water partition coefficient (Wildman–Crippen LogP) is 3.50. The van der Waals surface area contributed by atoms with Gasteiger partial charge in [-0.05, 0) is 42.8 Å². The number of nitrogens with zero attached hydrogens (tertiary/aromatic N) is 1. The van der Waals surface area contributed by atoms with Gasteiger partial charge in [-0.15, -0.1) is 0 Å². The third kappa shape index (κ3) is 5.22. The molecule has 1 amide bonds. The molecule has 2 aromatic carbocycles. The summed E-state index contributed by atoms with van der Waals surface area (Å²) in [7, 11) is 1.47. The first kappa shape index (κ1) is 18.8. The van der Waals surface area contributed by atoms with E-state index in [1.165, 1.54) is 13.3 Å². The van der Waals surface area contributed by atoms with E-state index in [0.29, 0.717) is 17.7 Å². The van der Waals surface area contributed by atoms with E-state index in [9.17, 15) is 9.90 Å². The molecule has 0 aliphatic rings. The number of halogens is 1. The minimum atomic E-state index is -0.419. The average Bonchev–Trinajstić information content (AvgIpc) is 2.62. The molecular formula is C18H20BrN3O3. The molecule has 0 aliphatic heterocycles. The van der Waals surface area contributed by atoms with Crippen LogP contribution < -0.4 is 15.5 Å². The van der Waals surface area contributed by atoms with Crippen molar-refractivity contribution in [3.63, 3.8) is 0 Å². The number of carbonyl (C=O) groups excluding carboxylic acids is 1. The fraction of sp³-hybridized carbons (Fsp3) is 0.222. The number of nitrogens with one attached hydrogen (secondary N) is 2. The molecule has 0 unspecified atom stereocenters. The standard InChI is InChI=1S/C18H20BrN3O3/c1-3-15(21-14-9-7-13(19)8-10-14)18(24)22-20-11-12-5-4-6-16(25-2)17(12)23/h4-11,15,21,23H,3H2,1-2H3,(H,22,24)/b20-11-/t15-/m0/s1. The van der Waals surface area contributed by atoms with Crippen molar-refractivity contribution >= 4 is 33.7 Å². The summed E-state index contributed by atoms with van der Waals surface area (Å²) in [5.41, 5.74) is 3.78. The molecule has 0 fully saturated rings. The van der Waals surface area contributed by atoms with Crippen LogP contribution in [0.3, 0.4) is 0 Å². The van der Waals surface area contributed by atoms with Crippen molar-refractivity contribution in [2.45, 2.75) is 19.4 Å². The molecule has 0 saturated heterocycles. The van der Waals surface area contributed by atoms with Crippen LogP contribution in [0.2, 0.25) is 0 Å². The number of benzene rings is 2. The second-order valence-electron chi connectivity index (χ2n) is 5.24. The van der Waals surface area contributed by atoms with Crippen molar-refractivity contribution in [3.8, 4) is 11.5 Å².